The lowest BCUT2D eigenvalue weighted by atomic mass is 9.85. The smallest absolute Gasteiger partial charge is 0.0314 e. The molecule has 0 saturated heterocycles. The van der Waals surface area contributed by atoms with Crippen molar-refractivity contribution in [3.05, 3.63) is 59.9 Å². The van der Waals surface area contributed by atoms with Crippen LogP contribution in [0.1, 0.15) is 25.0 Å². The Labute approximate surface area is 114 Å². The number of pyridine rings is 1. The number of anilines is 1. The third-order valence-corrected chi connectivity index (χ3v) is 3.34. The van der Waals surface area contributed by atoms with E-state index in [-0.39, 0.29) is 5.41 Å². The quantitative estimate of drug-likeness (QED) is 0.808. The zero-order valence-electron chi connectivity index (χ0n) is 11.6. The van der Waals surface area contributed by atoms with Crippen molar-refractivity contribution in [1.29, 1.82) is 0 Å². The Morgan fingerprint density at radius 1 is 1.05 bits per heavy atom. The van der Waals surface area contributed by atoms with Crippen LogP contribution in [0.3, 0.4) is 0 Å². The molecule has 0 saturated carbocycles. The van der Waals surface area contributed by atoms with Crippen LogP contribution in [-0.2, 0) is 12.0 Å². The van der Waals surface area contributed by atoms with Crippen molar-refractivity contribution in [2.75, 3.05) is 12.3 Å². The number of hydrogen-bond donors (Lipinski definition) is 2. The van der Waals surface area contributed by atoms with E-state index in [9.17, 15) is 0 Å². The average molecular weight is 255 g/mol. The van der Waals surface area contributed by atoms with E-state index < -0.39 is 0 Å². The van der Waals surface area contributed by atoms with Crippen LogP contribution in [0.15, 0.2) is 48.8 Å². The molecule has 2 rings (SSSR count). The van der Waals surface area contributed by atoms with Crippen molar-refractivity contribution in [1.82, 2.24) is 10.3 Å². The lowest BCUT2D eigenvalue weighted by Crippen LogP contribution is -2.32. The minimum atomic E-state index is 0.0940. The van der Waals surface area contributed by atoms with Crippen LogP contribution in [0.5, 0.6) is 0 Å². The van der Waals surface area contributed by atoms with Crippen LogP contribution < -0.4 is 11.1 Å². The second kappa shape index (κ2) is 5.85. The van der Waals surface area contributed by atoms with Crippen LogP contribution in [0, 0.1) is 0 Å². The fourth-order valence-corrected chi connectivity index (χ4v) is 2.06. The number of rotatable bonds is 5. The first-order valence-corrected chi connectivity index (χ1v) is 6.53. The van der Waals surface area contributed by atoms with E-state index in [0.717, 1.165) is 18.8 Å². The molecule has 3 nitrogen and oxygen atoms in total. The van der Waals surface area contributed by atoms with Gasteiger partial charge in [0.25, 0.3) is 0 Å². The molecule has 1 aromatic heterocycles. The highest BCUT2D eigenvalue weighted by molar-refractivity contribution is 5.39. The molecule has 0 fully saturated rings. The van der Waals surface area contributed by atoms with Gasteiger partial charge in [-0.1, -0.05) is 26.0 Å². The molecule has 3 N–H and O–H groups in total. The first-order chi connectivity index (χ1) is 9.08. The number of nitrogen functional groups attached to an aromatic ring is 1. The maximum atomic E-state index is 5.67. The molecule has 0 amide bonds. The molecule has 1 aromatic carbocycles. The minimum absolute atomic E-state index is 0.0940. The summed E-state index contributed by atoms with van der Waals surface area (Å²) in [5, 5.41) is 3.50. The molecule has 100 valence electrons. The van der Waals surface area contributed by atoms with Crippen molar-refractivity contribution in [3.8, 4) is 0 Å². The molecular formula is C16H21N3. The topological polar surface area (TPSA) is 50.9 Å². The normalized spacial score (nSPS) is 11.5. The van der Waals surface area contributed by atoms with Gasteiger partial charge in [-0.25, -0.2) is 0 Å². The summed E-state index contributed by atoms with van der Waals surface area (Å²) in [4.78, 5) is 4.06. The molecular weight excluding hydrogens is 234 g/mol. The summed E-state index contributed by atoms with van der Waals surface area (Å²) in [5.74, 6) is 0. The van der Waals surface area contributed by atoms with Gasteiger partial charge >= 0.3 is 0 Å². The lowest BCUT2D eigenvalue weighted by molar-refractivity contribution is 0.468. The van der Waals surface area contributed by atoms with Gasteiger partial charge in [-0.15, -0.1) is 0 Å². The highest BCUT2D eigenvalue weighted by Crippen LogP contribution is 2.21. The first kappa shape index (κ1) is 13.6. The summed E-state index contributed by atoms with van der Waals surface area (Å²) in [5.41, 5.74) is 9.12. The highest BCUT2D eigenvalue weighted by Gasteiger charge is 2.19. The highest BCUT2D eigenvalue weighted by atomic mass is 14.9. The summed E-state index contributed by atoms with van der Waals surface area (Å²) < 4.78 is 0. The van der Waals surface area contributed by atoms with E-state index >= 15 is 0 Å². The zero-order chi connectivity index (χ0) is 13.7. The van der Waals surface area contributed by atoms with E-state index in [1.54, 1.807) is 0 Å². The molecule has 1 heterocycles. The third kappa shape index (κ3) is 3.80. The molecule has 0 radical (unpaired) electrons. The maximum Gasteiger partial charge on any atom is 0.0314 e. The van der Waals surface area contributed by atoms with Crippen molar-refractivity contribution in [3.63, 3.8) is 0 Å². The van der Waals surface area contributed by atoms with Gasteiger partial charge in [0.15, 0.2) is 0 Å². The summed E-state index contributed by atoms with van der Waals surface area (Å²) >= 11 is 0. The van der Waals surface area contributed by atoms with Gasteiger partial charge in [-0.05, 0) is 35.4 Å². The van der Waals surface area contributed by atoms with Crippen LogP contribution >= 0.6 is 0 Å². The second-order valence-electron chi connectivity index (χ2n) is 5.46. The number of nitrogens with zero attached hydrogens (tertiary/aromatic N) is 1. The minimum Gasteiger partial charge on any atom is -0.399 e. The molecule has 0 bridgehead atoms. The predicted octanol–water partition coefficient (Wildman–Crippen LogP) is 2.73. The fraction of sp³-hybridized carbons (Fsp3) is 0.312. The maximum absolute atomic E-state index is 5.67. The van der Waals surface area contributed by atoms with Crippen molar-refractivity contribution in [2.45, 2.75) is 25.8 Å². The zero-order valence-corrected chi connectivity index (χ0v) is 11.6. The molecule has 0 aliphatic heterocycles. The molecule has 0 spiro atoms. The van der Waals surface area contributed by atoms with Crippen molar-refractivity contribution in [2.24, 2.45) is 0 Å². The van der Waals surface area contributed by atoms with E-state index in [0.29, 0.717) is 0 Å². The number of hydrogen-bond acceptors (Lipinski definition) is 3. The summed E-state index contributed by atoms with van der Waals surface area (Å²) in [7, 11) is 0. The van der Waals surface area contributed by atoms with Gasteiger partial charge in [-0.2, -0.15) is 0 Å². The Morgan fingerprint density at radius 2 is 1.68 bits per heavy atom. The number of benzene rings is 1. The van der Waals surface area contributed by atoms with Crippen molar-refractivity contribution < 1.29 is 0 Å². The van der Waals surface area contributed by atoms with Gasteiger partial charge in [0, 0.05) is 36.6 Å². The standard InChI is InChI=1S/C16H21N3/c1-16(2,14-7-9-18-10-8-14)12-19-11-13-3-5-15(17)6-4-13/h3-10,19H,11-12,17H2,1-2H3. The number of nitrogens with one attached hydrogen (secondary N) is 1. The van der Waals surface area contributed by atoms with Crippen LogP contribution in [0.2, 0.25) is 0 Å². The van der Waals surface area contributed by atoms with Gasteiger partial charge in [0.2, 0.25) is 0 Å². The fourth-order valence-electron chi connectivity index (χ4n) is 2.06. The summed E-state index contributed by atoms with van der Waals surface area (Å²) in [6.07, 6.45) is 3.69. The van der Waals surface area contributed by atoms with E-state index in [2.05, 4.69) is 48.4 Å². The Morgan fingerprint density at radius 3 is 2.32 bits per heavy atom. The molecule has 0 atom stereocenters. The SMILES string of the molecule is CC(C)(CNCc1ccc(N)cc1)c1ccncc1. The Kier molecular flexibility index (Phi) is 4.17. The predicted molar refractivity (Wildman–Crippen MR) is 79.8 cm³/mol. The molecule has 2 aromatic rings. The Bertz CT molecular complexity index is 503. The molecule has 19 heavy (non-hydrogen) atoms. The monoisotopic (exact) mass is 255 g/mol. The lowest BCUT2D eigenvalue weighted by Gasteiger charge is -2.25. The van der Waals surface area contributed by atoms with Gasteiger partial charge in [0.1, 0.15) is 0 Å². The largest absolute Gasteiger partial charge is 0.399 e. The third-order valence-electron chi connectivity index (χ3n) is 3.34. The number of aromatic nitrogens is 1. The summed E-state index contributed by atoms with van der Waals surface area (Å²) in [6, 6.07) is 12.1. The molecule has 0 unspecified atom stereocenters. The Hall–Kier alpha value is -1.87. The summed E-state index contributed by atoms with van der Waals surface area (Å²) in [6.45, 7) is 6.24. The van der Waals surface area contributed by atoms with E-state index in [1.165, 1.54) is 11.1 Å². The molecule has 0 aliphatic rings. The second-order valence-corrected chi connectivity index (χ2v) is 5.46. The van der Waals surface area contributed by atoms with Crippen LogP contribution in [-0.4, -0.2) is 11.5 Å². The average Bonchev–Trinajstić information content (AvgIpc) is 2.42. The Balaban J connectivity index is 1.90. The first-order valence-electron chi connectivity index (χ1n) is 6.53. The van der Waals surface area contributed by atoms with Crippen molar-refractivity contribution >= 4 is 5.69 Å². The number of nitrogens with two attached hydrogens (primary N) is 1. The van der Waals surface area contributed by atoms with Gasteiger partial charge < -0.3 is 11.1 Å². The van der Waals surface area contributed by atoms with E-state index in [1.807, 2.05) is 24.5 Å². The van der Waals surface area contributed by atoms with Gasteiger partial charge in [-0.3, -0.25) is 4.98 Å². The van der Waals surface area contributed by atoms with E-state index in [4.69, 9.17) is 5.73 Å². The molecule has 3 heteroatoms. The molecule has 0 aliphatic carbocycles. The van der Waals surface area contributed by atoms with Crippen LogP contribution in [0.4, 0.5) is 5.69 Å². The van der Waals surface area contributed by atoms with Crippen LogP contribution in [0.25, 0.3) is 0 Å². The van der Waals surface area contributed by atoms with Gasteiger partial charge in [0.05, 0.1) is 0 Å².